The van der Waals surface area contributed by atoms with Gasteiger partial charge in [0, 0.05) is 18.5 Å². The quantitative estimate of drug-likeness (QED) is 0.303. The number of carbonyl (C=O) groups is 1. The van der Waals surface area contributed by atoms with Gasteiger partial charge in [-0.1, -0.05) is 12.1 Å². The molecule has 1 amide bonds. The van der Waals surface area contributed by atoms with Gasteiger partial charge in [-0.3, -0.25) is 9.48 Å². The van der Waals surface area contributed by atoms with E-state index in [0.29, 0.717) is 32.6 Å². The zero-order valence-electron chi connectivity index (χ0n) is 18.5. The molecule has 1 saturated heterocycles. The van der Waals surface area contributed by atoms with Gasteiger partial charge in [0.25, 0.3) is 5.91 Å². The first kappa shape index (κ1) is 24.4. The fourth-order valence-electron chi connectivity index (χ4n) is 4.23. The van der Waals surface area contributed by atoms with Crippen molar-refractivity contribution in [1.82, 2.24) is 14.7 Å². The smallest absolute Gasteiger partial charge is 0.351 e. The van der Waals surface area contributed by atoms with Crippen LogP contribution < -0.4 is 0 Å². The zero-order valence-corrected chi connectivity index (χ0v) is 19.3. The summed E-state index contributed by atoms with van der Waals surface area (Å²) < 4.78 is 80.7. The van der Waals surface area contributed by atoms with Crippen molar-refractivity contribution >= 4 is 39.8 Å². The van der Waals surface area contributed by atoms with Crippen molar-refractivity contribution in [2.45, 2.75) is 31.7 Å². The lowest BCUT2D eigenvalue weighted by molar-refractivity contribution is -0.143. The molecule has 0 bridgehead atoms. The van der Waals surface area contributed by atoms with Crippen LogP contribution in [0.1, 0.15) is 35.1 Å². The second-order valence-electron chi connectivity index (χ2n) is 8.49. The topological polar surface area (TPSA) is 50.5 Å². The molecular formula is C24H18F6N4OS. The maximum absolute atomic E-state index is 13.5. The minimum absolute atomic E-state index is 0.125. The van der Waals surface area contributed by atoms with Crippen LogP contribution in [0, 0.1) is 0 Å². The number of likely N-dealkylation sites (tertiary alicyclic amines) is 1. The van der Waals surface area contributed by atoms with E-state index in [-0.39, 0.29) is 24.1 Å². The summed E-state index contributed by atoms with van der Waals surface area (Å²) in [6.45, 7) is 1.37. The van der Waals surface area contributed by atoms with Gasteiger partial charge in [0.05, 0.1) is 34.3 Å². The highest BCUT2D eigenvalue weighted by Crippen LogP contribution is 2.38. The van der Waals surface area contributed by atoms with Crippen LogP contribution in [0.25, 0.3) is 17.0 Å². The van der Waals surface area contributed by atoms with Crippen LogP contribution in [0.4, 0.5) is 26.3 Å². The molecule has 0 saturated carbocycles. The Balaban J connectivity index is 1.40. The number of halogens is 6. The third-order valence-corrected chi connectivity index (χ3v) is 7.06. The molecule has 12 heteroatoms. The number of thioether (sulfide) groups is 1. The maximum Gasteiger partial charge on any atom is 0.416 e. The van der Waals surface area contributed by atoms with E-state index in [4.69, 9.17) is 0 Å². The highest BCUT2D eigenvalue weighted by atomic mass is 32.2. The fraction of sp³-hybridized carbons (Fsp3) is 0.292. The van der Waals surface area contributed by atoms with E-state index >= 15 is 0 Å². The van der Waals surface area contributed by atoms with Gasteiger partial charge in [-0.25, -0.2) is 0 Å². The summed E-state index contributed by atoms with van der Waals surface area (Å²) in [7, 11) is 0. The minimum Gasteiger partial charge on any atom is -0.351 e. The predicted octanol–water partition coefficient (Wildman–Crippen LogP) is 6.19. The largest absolute Gasteiger partial charge is 0.416 e. The van der Waals surface area contributed by atoms with Gasteiger partial charge in [0.15, 0.2) is 5.17 Å². The monoisotopic (exact) mass is 524 g/mol. The molecule has 2 aliphatic heterocycles. The van der Waals surface area contributed by atoms with Crippen molar-refractivity contribution in [2.24, 2.45) is 4.99 Å². The number of fused-ring (bicyclic) bond motifs is 1. The summed E-state index contributed by atoms with van der Waals surface area (Å²) >= 11 is 1.31. The van der Waals surface area contributed by atoms with Crippen LogP contribution in [0.15, 0.2) is 52.5 Å². The number of nitrogens with zero attached hydrogens (tertiary/aromatic N) is 4. The number of carbonyl (C=O) groups excluding carboxylic acids is 1. The molecule has 3 aromatic rings. The summed E-state index contributed by atoms with van der Waals surface area (Å²) in [5.41, 5.74) is -1.84. The number of alkyl halides is 6. The standard InChI is InChI=1S/C24H18F6N4OS/c25-23(26,27)17-5-4-15(18(11-17)24(28,29)30)13-34-19-6-3-14(9-16(19)12-31-34)10-20-21(35)32-22(36-20)33-7-1-2-8-33/h3-6,9-12H,1-2,7-8,13H2/b20-10-. The van der Waals surface area contributed by atoms with E-state index in [1.807, 2.05) is 0 Å². The SMILES string of the molecule is O=C1N=C(N2CCCC2)S/C1=C\c1ccc2c(cnn2Cc2ccc(C(F)(F)F)cc2C(F)(F)F)c1. The van der Waals surface area contributed by atoms with Crippen LogP contribution >= 0.6 is 11.8 Å². The number of amides is 1. The molecule has 0 radical (unpaired) electrons. The van der Waals surface area contributed by atoms with Crippen molar-refractivity contribution < 1.29 is 31.1 Å². The Morgan fingerprint density at radius 2 is 1.72 bits per heavy atom. The number of amidine groups is 1. The van der Waals surface area contributed by atoms with Crippen LogP contribution in [-0.4, -0.2) is 38.8 Å². The van der Waals surface area contributed by atoms with Crippen molar-refractivity contribution in [3.05, 3.63) is 69.8 Å². The highest BCUT2D eigenvalue weighted by molar-refractivity contribution is 8.18. The number of rotatable bonds is 3. The van der Waals surface area contributed by atoms with Crippen LogP contribution in [0.2, 0.25) is 0 Å². The van der Waals surface area contributed by atoms with Crippen molar-refractivity contribution in [3.8, 4) is 0 Å². The van der Waals surface area contributed by atoms with E-state index < -0.39 is 23.5 Å². The first-order valence-electron chi connectivity index (χ1n) is 11.0. The highest BCUT2D eigenvalue weighted by Gasteiger charge is 2.38. The molecule has 188 valence electrons. The van der Waals surface area contributed by atoms with Gasteiger partial charge in [-0.2, -0.15) is 36.4 Å². The molecule has 2 aliphatic rings. The van der Waals surface area contributed by atoms with Gasteiger partial charge in [0.1, 0.15) is 0 Å². The van der Waals surface area contributed by atoms with E-state index in [1.54, 1.807) is 24.3 Å². The molecule has 1 aromatic heterocycles. The second-order valence-corrected chi connectivity index (χ2v) is 9.50. The van der Waals surface area contributed by atoms with Gasteiger partial charge in [-0.05, 0) is 66.1 Å². The van der Waals surface area contributed by atoms with Crippen LogP contribution in [0.3, 0.4) is 0 Å². The van der Waals surface area contributed by atoms with E-state index in [9.17, 15) is 31.1 Å². The molecule has 5 nitrogen and oxygen atoms in total. The predicted molar refractivity (Wildman–Crippen MR) is 124 cm³/mol. The third-order valence-electron chi connectivity index (χ3n) is 6.01. The molecule has 0 unspecified atom stereocenters. The molecule has 0 atom stereocenters. The van der Waals surface area contributed by atoms with Crippen molar-refractivity contribution in [3.63, 3.8) is 0 Å². The summed E-state index contributed by atoms with van der Waals surface area (Å²) in [6, 6.07) is 6.68. The summed E-state index contributed by atoms with van der Waals surface area (Å²) in [5.74, 6) is -0.320. The molecule has 36 heavy (non-hydrogen) atoms. The Kier molecular flexibility index (Phi) is 6.09. The Morgan fingerprint density at radius 3 is 2.42 bits per heavy atom. The Morgan fingerprint density at radius 1 is 0.972 bits per heavy atom. The maximum atomic E-state index is 13.5. The summed E-state index contributed by atoms with van der Waals surface area (Å²) in [6.07, 6.45) is -4.56. The number of benzene rings is 2. The van der Waals surface area contributed by atoms with Gasteiger partial charge < -0.3 is 4.90 Å². The molecule has 3 heterocycles. The lowest BCUT2D eigenvalue weighted by Gasteiger charge is -2.16. The van der Waals surface area contributed by atoms with E-state index in [2.05, 4.69) is 15.0 Å². The van der Waals surface area contributed by atoms with Crippen LogP contribution in [-0.2, 0) is 23.7 Å². The average molecular weight is 524 g/mol. The van der Waals surface area contributed by atoms with E-state index in [0.717, 1.165) is 32.0 Å². The zero-order chi connectivity index (χ0) is 25.7. The molecule has 5 rings (SSSR count). The lowest BCUT2D eigenvalue weighted by atomic mass is 10.0. The van der Waals surface area contributed by atoms with E-state index in [1.165, 1.54) is 22.6 Å². The molecule has 0 N–H and O–H groups in total. The normalized spacial score (nSPS) is 18.1. The Hall–Kier alpha value is -3.28. The first-order chi connectivity index (χ1) is 17.0. The average Bonchev–Trinajstić information content (AvgIpc) is 3.54. The van der Waals surface area contributed by atoms with Gasteiger partial charge in [0.2, 0.25) is 0 Å². The third kappa shape index (κ3) is 4.86. The molecule has 1 fully saturated rings. The lowest BCUT2D eigenvalue weighted by Crippen LogP contribution is -2.23. The molecular weight excluding hydrogens is 506 g/mol. The van der Waals surface area contributed by atoms with Gasteiger partial charge >= 0.3 is 12.4 Å². The first-order valence-corrected chi connectivity index (χ1v) is 11.8. The van der Waals surface area contributed by atoms with Crippen LogP contribution in [0.5, 0.6) is 0 Å². The summed E-state index contributed by atoms with van der Waals surface area (Å²) in [4.78, 5) is 19.0. The minimum atomic E-state index is -4.96. The molecule has 2 aromatic carbocycles. The van der Waals surface area contributed by atoms with Crippen molar-refractivity contribution in [1.29, 1.82) is 0 Å². The number of aromatic nitrogens is 2. The second kappa shape index (κ2) is 8.99. The van der Waals surface area contributed by atoms with Crippen molar-refractivity contribution in [2.75, 3.05) is 13.1 Å². The molecule has 0 aliphatic carbocycles. The number of hydrogen-bond acceptors (Lipinski definition) is 4. The van der Waals surface area contributed by atoms with Gasteiger partial charge in [-0.15, -0.1) is 0 Å². The number of hydrogen-bond donors (Lipinski definition) is 0. The molecule has 0 spiro atoms. The fourth-order valence-corrected chi connectivity index (χ4v) is 5.20. The summed E-state index contributed by atoms with van der Waals surface area (Å²) in [5, 5.41) is 5.44. The Labute approximate surface area is 205 Å². The Bertz CT molecular complexity index is 1400. The number of aliphatic imine (C=N–C) groups is 1.